The lowest BCUT2D eigenvalue weighted by molar-refractivity contribution is -0.123. The maximum absolute atomic E-state index is 12.3. The summed E-state index contributed by atoms with van der Waals surface area (Å²) in [6.45, 7) is 4.37. The van der Waals surface area contributed by atoms with E-state index < -0.39 is 0 Å². The minimum Gasteiger partial charge on any atom is -0.299 e. The Labute approximate surface area is 119 Å². The number of allylic oxidation sites excluding steroid dienone is 2. The minimum atomic E-state index is 0.306. The second-order valence-electron chi connectivity index (χ2n) is 6.17. The van der Waals surface area contributed by atoms with Crippen molar-refractivity contribution in [2.24, 2.45) is 5.92 Å². The van der Waals surface area contributed by atoms with E-state index in [1.807, 2.05) is 0 Å². The largest absolute Gasteiger partial charge is 0.299 e. The van der Waals surface area contributed by atoms with Crippen molar-refractivity contribution in [2.45, 2.75) is 90.9 Å². The molecule has 1 unspecified atom stereocenters. The summed E-state index contributed by atoms with van der Waals surface area (Å²) in [6, 6.07) is 0. The fraction of sp³-hybridized carbons (Fsp3) is 0.833. The Hall–Kier alpha value is -0.590. The molecule has 0 heterocycles. The Morgan fingerprint density at radius 2 is 1.63 bits per heavy atom. The normalized spacial score (nSPS) is 24.6. The maximum Gasteiger partial charge on any atom is 0.136 e. The predicted octanol–water partition coefficient (Wildman–Crippen LogP) is 5.83. The van der Waals surface area contributed by atoms with Gasteiger partial charge in [0, 0.05) is 12.3 Å². The Bertz CT molecular complexity index is 277. The molecular weight excluding hydrogens is 232 g/mol. The highest BCUT2D eigenvalue weighted by Crippen LogP contribution is 2.22. The number of rotatable bonds is 3. The van der Waals surface area contributed by atoms with E-state index >= 15 is 0 Å². The standard InChI is InChI=1S/C18H32O/c1-3-16(2)14-15-17-12-10-8-6-4-5-7-9-11-13-18(17)19/h14,17H,3-13,15H2,1-2H3/b16-14+. The van der Waals surface area contributed by atoms with E-state index in [0.29, 0.717) is 11.7 Å². The van der Waals surface area contributed by atoms with Gasteiger partial charge in [-0.3, -0.25) is 4.79 Å². The fourth-order valence-corrected chi connectivity index (χ4v) is 2.85. The third-order valence-corrected chi connectivity index (χ3v) is 4.49. The molecule has 1 rings (SSSR count). The zero-order chi connectivity index (χ0) is 13.9. The van der Waals surface area contributed by atoms with Crippen LogP contribution in [-0.2, 0) is 4.79 Å². The lowest BCUT2D eigenvalue weighted by atomic mass is 9.89. The SMILES string of the molecule is CC/C(C)=C/CC1CCCCCCCCCCC1=O. The fourth-order valence-electron chi connectivity index (χ4n) is 2.85. The molecule has 0 aromatic heterocycles. The van der Waals surface area contributed by atoms with Crippen molar-refractivity contribution in [3.05, 3.63) is 11.6 Å². The first-order valence-corrected chi connectivity index (χ1v) is 8.42. The molecule has 0 aromatic rings. The van der Waals surface area contributed by atoms with Crippen LogP contribution in [0.25, 0.3) is 0 Å². The average Bonchev–Trinajstić information content (AvgIpc) is 2.41. The molecule has 1 atom stereocenters. The topological polar surface area (TPSA) is 17.1 Å². The van der Waals surface area contributed by atoms with Crippen LogP contribution in [0.15, 0.2) is 11.6 Å². The van der Waals surface area contributed by atoms with Crippen LogP contribution in [0, 0.1) is 5.92 Å². The number of ketones is 1. The van der Waals surface area contributed by atoms with E-state index in [4.69, 9.17) is 0 Å². The first-order valence-electron chi connectivity index (χ1n) is 8.42. The highest BCUT2D eigenvalue weighted by molar-refractivity contribution is 5.81. The first-order chi connectivity index (χ1) is 9.24. The third-order valence-electron chi connectivity index (χ3n) is 4.49. The lowest BCUT2D eigenvalue weighted by Gasteiger charge is -2.15. The molecule has 0 aliphatic heterocycles. The van der Waals surface area contributed by atoms with E-state index in [0.717, 1.165) is 32.1 Å². The highest BCUT2D eigenvalue weighted by atomic mass is 16.1. The molecule has 19 heavy (non-hydrogen) atoms. The van der Waals surface area contributed by atoms with Crippen LogP contribution < -0.4 is 0 Å². The van der Waals surface area contributed by atoms with Gasteiger partial charge in [-0.1, -0.05) is 63.5 Å². The first kappa shape index (κ1) is 16.5. The summed E-state index contributed by atoms with van der Waals surface area (Å²) in [7, 11) is 0. The van der Waals surface area contributed by atoms with Crippen LogP contribution >= 0.6 is 0 Å². The summed E-state index contributed by atoms with van der Waals surface area (Å²) in [5, 5.41) is 0. The maximum atomic E-state index is 12.3. The Kier molecular flexibility index (Phi) is 8.86. The van der Waals surface area contributed by atoms with Crippen LogP contribution in [-0.4, -0.2) is 5.78 Å². The predicted molar refractivity (Wildman–Crippen MR) is 83.3 cm³/mol. The van der Waals surface area contributed by atoms with Gasteiger partial charge in [-0.2, -0.15) is 0 Å². The van der Waals surface area contributed by atoms with Crippen molar-refractivity contribution >= 4 is 5.78 Å². The third kappa shape index (κ3) is 7.54. The zero-order valence-electron chi connectivity index (χ0n) is 13.0. The van der Waals surface area contributed by atoms with Crippen molar-refractivity contribution in [3.63, 3.8) is 0 Å². The number of hydrogen-bond donors (Lipinski definition) is 0. The monoisotopic (exact) mass is 264 g/mol. The molecule has 110 valence electrons. The number of carbonyl (C=O) groups is 1. The molecule has 1 nitrogen and oxygen atoms in total. The Morgan fingerprint density at radius 1 is 1.05 bits per heavy atom. The summed E-state index contributed by atoms with van der Waals surface area (Å²) in [6.07, 6.45) is 16.7. The zero-order valence-corrected chi connectivity index (χ0v) is 13.0. The van der Waals surface area contributed by atoms with Crippen molar-refractivity contribution < 1.29 is 4.79 Å². The van der Waals surface area contributed by atoms with Crippen molar-refractivity contribution in [1.82, 2.24) is 0 Å². The summed E-state index contributed by atoms with van der Waals surface area (Å²) in [4.78, 5) is 12.3. The highest BCUT2D eigenvalue weighted by Gasteiger charge is 2.16. The van der Waals surface area contributed by atoms with Crippen molar-refractivity contribution in [3.8, 4) is 0 Å². The summed E-state index contributed by atoms with van der Waals surface area (Å²) < 4.78 is 0. The molecule has 0 spiro atoms. The molecule has 0 saturated heterocycles. The van der Waals surface area contributed by atoms with Crippen LogP contribution in [0.3, 0.4) is 0 Å². The van der Waals surface area contributed by atoms with Gasteiger partial charge in [0.15, 0.2) is 0 Å². The molecular formula is C18H32O. The second-order valence-corrected chi connectivity index (χ2v) is 6.17. The van der Waals surface area contributed by atoms with Gasteiger partial charge in [0.1, 0.15) is 5.78 Å². The van der Waals surface area contributed by atoms with Crippen LogP contribution in [0.4, 0.5) is 0 Å². The van der Waals surface area contributed by atoms with Gasteiger partial charge in [-0.15, -0.1) is 0 Å². The average molecular weight is 264 g/mol. The van der Waals surface area contributed by atoms with Crippen LogP contribution in [0.1, 0.15) is 90.9 Å². The van der Waals surface area contributed by atoms with E-state index in [2.05, 4.69) is 19.9 Å². The van der Waals surface area contributed by atoms with Gasteiger partial charge in [0.25, 0.3) is 0 Å². The van der Waals surface area contributed by atoms with E-state index in [9.17, 15) is 4.79 Å². The van der Waals surface area contributed by atoms with Gasteiger partial charge < -0.3 is 0 Å². The van der Waals surface area contributed by atoms with Gasteiger partial charge in [0.2, 0.25) is 0 Å². The molecule has 0 N–H and O–H groups in total. The van der Waals surface area contributed by atoms with Gasteiger partial charge in [-0.05, 0) is 32.6 Å². The summed E-state index contributed by atoms with van der Waals surface area (Å²) >= 11 is 0. The number of Topliss-reactive ketones (excluding diaryl/α,β-unsaturated/α-hetero) is 1. The van der Waals surface area contributed by atoms with Crippen molar-refractivity contribution in [2.75, 3.05) is 0 Å². The van der Waals surface area contributed by atoms with Gasteiger partial charge >= 0.3 is 0 Å². The van der Waals surface area contributed by atoms with Gasteiger partial charge in [0.05, 0.1) is 0 Å². The smallest absolute Gasteiger partial charge is 0.136 e. The summed E-state index contributed by atoms with van der Waals surface area (Å²) in [5.41, 5.74) is 1.43. The molecule has 1 heteroatoms. The van der Waals surface area contributed by atoms with Gasteiger partial charge in [-0.25, -0.2) is 0 Å². The molecule has 0 aromatic carbocycles. The van der Waals surface area contributed by atoms with Crippen molar-refractivity contribution in [1.29, 1.82) is 0 Å². The lowest BCUT2D eigenvalue weighted by Crippen LogP contribution is -2.14. The molecule has 0 amide bonds. The molecule has 0 radical (unpaired) electrons. The second kappa shape index (κ2) is 10.2. The van der Waals surface area contributed by atoms with E-state index in [1.54, 1.807) is 0 Å². The van der Waals surface area contributed by atoms with E-state index in [1.165, 1.54) is 50.5 Å². The number of hydrogen-bond acceptors (Lipinski definition) is 1. The molecule has 1 saturated carbocycles. The molecule has 0 bridgehead atoms. The van der Waals surface area contributed by atoms with Crippen LogP contribution in [0.5, 0.6) is 0 Å². The van der Waals surface area contributed by atoms with E-state index in [-0.39, 0.29) is 0 Å². The minimum absolute atomic E-state index is 0.306. The Morgan fingerprint density at radius 3 is 2.26 bits per heavy atom. The summed E-state index contributed by atoms with van der Waals surface area (Å²) in [5.74, 6) is 0.835. The molecule has 1 fully saturated rings. The number of carbonyl (C=O) groups excluding carboxylic acids is 1. The molecule has 1 aliphatic carbocycles. The quantitative estimate of drug-likeness (QED) is 0.586. The Balaban J connectivity index is 2.48. The molecule has 1 aliphatic rings. The van der Waals surface area contributed by atoms with Crippen LogP contribution in [0.2, 0.25) is 0 Å².